The van der Waals surface area contributed by atoms with Crippen molar-refractivity contribution < 1.29 is 14.7 Å². The first-order valence-electron chi connectivity index (χ1n) is 9.39. The number of imide groups is 1. The first kappa shape index (κ1) is 18.1. The Kier molecular flexibility index (Phi) is 5.54. The summed E-state index contributed by atoms with van der Waals surface area (Å²) in [5.74, 6) is -0.0400. The fraction of sp³-hybridized carbons (Fsp3) is 0.600. The number of benzene rings is 1. The summed E-state index contributed by atoms with van der Waals surface area (Å²) < 4.78 is 0. The van der Waals surface area contributed by atoms with E-state index in [2.05, 4.69) is 17.9 Å². The number of carbonyl (C=O) groups is 2. The van der Waals surface area contributed by atoms with Gasteiger partial charge in [-0.25, -0.2) is 0 Å². The number of likely N-dealkylation sites (N-methyl/N-ethyl adjacent to an activating group) is 1. The maximum atomic E-state index is 13.2. The largest absolute Gasteiger partial charge is 0.395 e. The summed E-state index contributed by atoms with van der Waals surface area (Å²) in [5.41, 5.74) is 1.66. The Labute approximate surface area is 149 Å². The minimum Gasteiger partial charge on any atom is -0.395 e. The van der Waals surface area contributed by atoms with Crippen LogP contribution in [-0.2, 0) is 21.4 Å². The molecule has 1 heterocycles. The molecule has 1 fully saturated rings. The number of aryl methyl sites for hydroxylation is 1. The zero-order valence-electron chi connectivity index (χ0n) is 15.0. The maximum absolute atomic E-state index is 13.2. The molecule has 1 spiro atoms. The van der Waals surface area contributed by atoms with Gasteiger partial charge in [-0.05, 0) is 49.9 Å². The molecule has 3 rings (SSSR count). The van der Waals surface area contributed by atoms with Crippen molar-refractivity contribution in [3.63, 3.8) is 0 Å². The fourth-order valence-electron chi connectivity index (χ4n) is 4.38. The highest BCUT2D eigenvalue weighted by Crippen LogP contribution is 2.45. The molecule has 1 aromatic rings. The Hall–Kier alpha value is -1.72. The molecule has 25 heavy (non-hydrogen) atoms. The molecular weight excluding hydrogens is 316 g/mol. The molecule has 0 radical (unpaired) electrons. The van der Waals surface area contributed by atoms with Gasteiger partial charge in [0.05, 0.1) is 12.0 Å². The van der Waals surface area contributed by atoms with Crippen LogP contribution >= 0.6 is 0 Å². The number of likely N-dealkylation sites (tertiary alicyclic amines) is 1. The summed E-state index contributed by atoms with van der Waals surface area (Å²) in [6.07, 6.45) is 3.80. The highest BCUT2D eigenvalue weighted by molar-refractivity contribution is 6.09. The first-order chi connectivity index (χ1) is 12.1. The third kappa shape index (κ3) is 3.35. The average Bonchev–Trinajstić information content (AvgIpc) is 2.86. The van der Waals surface area contributed by atoms with Crippen molar-refractivity contribution in [1.29, 1.82) is 0 Å². The zero-order chi connectivity index (χ0) is 17.9. The number of carbonyl (C=O) groups excluding carboxylic acids is 2. The van der Waals surface area contributed by atoms with E-state index in [-0.39, 0.29) is 18.4 Å². The highest BCUT2D eigenvalue weighted by Gasteiger charge is 2.53. The Morgan fingerprint density at radius 1 is 1.24 bits per heavy atom. The SMILES string of the molecule is CCN(CCO)CCCN1C(=O)CC2(CCCc3ccccc32)C1=O. The van der Waals surface area contributed by atoms with E-state index >= 15 is 0 Å². The smallest absolute Gasteiger partial charge is 0.240 e. The lowest BCUT2D eigenvalue weighted by molar-refractivity contribution is -0.140. The van der Waals surface area contributed by atoms with Crippen molar-refractivity contribution in [1.82, 2.24) is 9.80 Å². The molecule has 1 aromatic carbocycles. The average molecular weight is 344 g/mol. The van der Waals surface area contributed by atoms with E-state index in [4.69, 9.17) is 5.11 Å². The number of hydrogen-bond donors (Lipinski definition) is 1. The summed E-state index contributed by atoms with van der Waals surface area (Å²) in [5, 5.41) is 9.06. The lowest BCUT2D eigenvalue weighted by Crippen LogP contribution is -2.41. The van der Waals surface area contributed by atoms with Crippen molar-refractivity contribution in [3.05, 3.63) is 35.4 Å². The third-order valence-corrected chi connectivity index (χ3v) is 5.71. The molecular formula is C20H28N2O3. The summed E-state index contributed by atoms with van der Waals surface area (Å²) in [6.45, 7) is 4.95. The number of aliphatic hydroxyl groups excluding tert-OH is 1. The number of amides is 2. The van der Waals surface area contributed by atoms with Gasteiger partial charge in [-0.1, -0.05) is 31.2 Å². The maximum Gasteiger partial charge on any atom is 0.240 e. The lowest BCUT2D eigenvalue weighted by atomic mass is 9.69. The number of nitrogens with zero attached hydrogens (tertiary/aromatic N) is 2. The van der Waals surface area contributed by atoms with Gasteiger partial charge in [0.25, 0.3) is 0 Å². The van der Waals surface area contributed by atoms with Crippen molar-refractivity contribution in [2.24, 2.45) is 0 Å². The first-order valence-corrected chi connectivity index (χ1v) is 9.39. The molecule has 1 aliphatic carbocycles. The molecule has 1 saturated heterocycles. The van der Waals surface area contributed by atoms with Crippen LogP contribution in [0.25, 0.3) is 0 Å². The third-order valence-electron chi connectivity index (χ3n) is 5.71. The van der Waals surface area contributed by atoms with Crippen LogP contribution in [0.3, 0.4) is 0 Å². The zero-order valence-corrected chi connectivity index (χ0v) is 15.0. The van der Waals surface area contributed by atoms with Gasteiger partial charge in [-0.15, -0.1) is 0 Å². The van der Waals surface area contributed by atoms with Crippen LogP contribution < -0.4 is 0 Å². The molecule has 2 aliphatic rings. The van der Waals surface area contributed by atoms with E-state index in [0.29, 0.717) is 19.5 Å². The molecule has 5 heteroatoms. The molecule has 0 aromatic heterocycles. The van der Waals surface area contributed by atoms with Gasteiger partial charge in [0, 0.05) is 19.5 Å². The van der Waals surface area contributed by atoms with E-state index in [9.17, 15) is 9.59 Å². The summed E-state index contributed by atoms with van der Waals surface area (Å²) in [6, 6.07) is 8.10. The van der Waals surface area contributed by atoms with E-state index in [1.807, 2.05) is 18.2 Å². The van der Waals surface area contributed by atoms with E-state index < -0.39 is 5.41 Å². The Bertz CT molecular complexity index is 646. The second-order valence-corrected chi connectivity index (χ2v) is 7.13. The summed E-state index contributed by atoms with van der Waals surface area (Å²) in [7, 11) is 0. The van der Waals surface area contributed by atoms with Crippen LogP contribution in [0.1, 0.15) is 43.7 Å². The minimum atomic E-state index is -0.624. The van der Waals surface area contributed by atoms with Crippen LogP contribution in [0, 0.1) is 0 Å². The second kappa shape index (κ2) is 7.67. The monoisotopic (exact) mass is 344 g/mol. The standard InChI is InChI=1S/C20H28N2O3/c1-2-21(13-14-23)11-6-12-22-18(24)15-20(19(22)25)10-5-8-16-7-3-4-9-17(16)20/h3-4,7,9,23H,2,5-6,8,10-15H2,1H3. The molecule has 5 nitrogen and oxygen atoms in total. The molecule has 1 N–H and O–H groups in total. The predicted octanol–water partition coefficient (Wildman–Crippen LogP) is 1.72. The van der Waals surface area contributed by atoms with Crippen molar-refractivity contribution >= 4 is 11.8 Å². The van der Waals surface area contributed by atoms with Gasteiger partial charge >= 0.3 is 0 Å². The van der Waals surface area contributed by atoms with Gasteiger partial charge in [0.2, 0.25) is 11.8 Å². The predicted molar refractivity (Wildman–Crippen MR) is 96.2 cm³/mol. The van der Waals surface area contributed by atoms with E-state index in [0.717, 1.165) is 44.3 Å². The minimum absolute atomic E-state index is 0.00476. The van der Waals surface area contributed by atoms with Gasteiger partial charge in [0.15, 0.2) is 0 Å². The number of hydrogen-bond acceptors (Lipinski definition) is 4. The Morgan fingerprint density at radius 2 is 2.04 bits per heavy atom. The number of aliphatic hydroxyl groups is 1. The molecule has 1 unspecified atom stereocenters. The van der Waals surface area contributed by atoms with Crippen LogP contribution in [0.5, 0.6) is 0 Å². The Morgan fingerprint density at radius 3 is 2.80 bits per heavy atom. The highest BCUT2D eigenvalue weighted by atomic mass is 16.3. The van der Waals surface area contributed by atoms with Gasteiger partial charge in [0.1, 0.15) is 0 Å². The van der Waals surface area contributed by atoms with Crippen molar-refractivity contribution in [3.8, 4) is 0 Å². The van der Waals surface area contributed by atoms with Crippen molar-refractivity contribution in [2.45, 2.75) is 44.4 Å². The van der Waals surface area contributed by atoms with E-state index in [1.165, 1.54) is 10.5 Å². The lowest BCUT2D eigenvalue weighted by Gasteiger charge is -2.33. The van der Waals surface area contributed by atoms with Crippen molar-refractivity contribution in [2.75, 3.05) is 32.8 Å². The van der Waals surface area contributed by atoms with Crippen LogP contribution in [-0.4, -0.2) is 59.5 Å². The van der Waals surface area contributed by atoms with Crippen LogP contribution in [0.2, 0.25) is 0 Å². The molecule has 0 saturated carbocycles. The topological polar surface area (TPSA) is 60.9 Å². The van der Waals surface area contributed by atoms with Crippen LogP contribution in [0.4, 0.5) is 0 Å². The van der Waals surface area contributed by atoms with E-state index in [1.54, 1.807) is 0 Å². The Balaban J connectivity index is 1.71. The van der Waals surface area contributed by atoms with Gasteiger partial charge in [-0.2, -0.15) is 0 Å². The van der Waals surface area contributed by atoms with Gasteiger partial charge in [-0.3, -0.25) is 14.5 Å². The van der Waals surface area contributed by atoms with Crippen LogP contribution in [0.15, 0.2) is 24.3 Å². The molecule has 1 aliphatic heterocycles. The molecule has 1 atom stereocenters. The second-order valence-electron chi connectivity index (χ2n) is 7.13. The fourth-order valence-corrected chi connectivity index (χ4v) is 4.38. The summed E-state index contributed by atoms with van der Waals surface area (Å²) in [4.78, 5) is 29.4. The normalized spacial score (nSPS) is 22.9. The number of fused-ring (bicyclic) bond motifs is 2. The molecule has 2 amide bonds. The summed E-state index contributed by atoms with van der Waals surface area (Å²) >= 11 is 0. The van der Waals surface area contributed by atoms with Gasteiger partial charge < -0.3 is 10.0 Å². The molecule has 0 bridgehead atoms. The number of rotatable bonds is 7. The molecule has 136 valence electrons. The quantitative estimate of drug-likeness (QED) is 0.765.